The summed E-state index contributed by atoms with van der Waals surface area (Å²) in [6.07, 6.45) is 11.2. The van der Waals surface area contributed by atoms with Crippen LogP contribution in [0.4, 0.5) is 0 Å². The first-order valence-corrected chi connectivity index (χ1v) is 10.4. The number of aromatic hydroxyl groups is 2. The van der Waals surface area contributed by atoms with Gasteiger partial charge in [0.2, 0.25) is 5.75 Å². The summed E-state index contributed by atoms with van der Waals surface area (Å²) in [4.78, 5) is 23.9. The number of benzene rings is 1. The number of ether oxygens (including phenoxy) is 2. The van der Waals surface area contributed by atoms with Crippen LogP contribution in [0.5, 0.6) is 17.2 Å². The molecule has 2 N–H and O–H groups in total. The Morgan fingerprint density at radius 1 is 0.857 bits per heavy atom. The minimum Gasteiger partial charge on any atom is -0.504 e. The molecule has 0 bridgehead atoms. The average molecular weight is 395 g/mol. The number of carbonyl (C=O) groups is 2. The van der Waals surface area contributed by atoms with Crippen molar-refractivity contribution >= 4 is 11.9 Å². The normalized spacial score (nSPS) is 10.6. The van der Waals surface area contributed by atoms with E-state index in [2.05, 4.69) is 6.92 Å². The van der Waals surface area contributed by atoms with E-state index in [1.807, 2.05) is 6.92 Å². The van der Waals surface area contributed by atoms with Crippen molar-refractivity contribution in [1.82, 2.24) is 0 Å². The molecule has 1 rings (SSSR count). The van der Waals surface area contributed by atoms with Gasteiger partial charge < -0.3 is 19.7 Å². The molecule has 28 heavy (non-hydrogen) atoms. The van der Waals surface area contributed by atoms with Crippen molar-refractivity contribution < 1.29 is 29.3 Å². The van der Waals surface area contributed by atoms with Crippen LogP contribution in [-0.4, -0.2) is 28.8 Å². The van der Waals surface area contributed by atoms with Crippen molar-refractivity contribution in [3.05, 3.63) is 17.7 Å². The maximum absolute atomic E-state index is 12.0. The lowest BCUT2D eigenvalue weighted by Gasteiger charge is -2.10. The fourth-order valence-corrected chi connectivity index (χ4v) is 2.82. The fraction of sp³-hybridized carbons (Fsp3) is 0.636. The Kier molecular flexibility index (Phi) is 11.8. The quantitative estimate of drug-likeness (QED) is 0.187. The molecule has 0 atom stereocenters. The molecule has 0 aromatic heterocycles. The molecule has 1 aromatic carbocycles. The summed E-state index contributed by atoms with van der Waals surface area (Å²) in [6.45, 7) is 4.31. The first-order chi connectivity index (χ1) is 13.5. The molecule has 0 aliphatic rings. The van der Waals surface area contributed by atoms with Crippen LogP contribution in [0.15, 0.2) is 12.1 Å². The second-order valence-electron chi connectivity index (χ2n) is 7.03. The number of hydrogen-bond acceptors (Lipinski definition) is 6. The molecule has 0 fully saturated rings. The number of rotatable bonds is 14. The van der Waals surface area contributed by atoms with Gasteiger partial charge in [-0.25, -0.2) is 4.79 Å². The maximum Gasteiger partial charge on any atom is 0.338 e. The van der Waals surface area contributed by atoms with Crippen molar-refractivity contribution in [2.75, 3.05) is 6.61 Å². The summed E-state index contributed by atoms with van der Waals surface area (Å²) >= 11 is 0. The predicted octanol–water partition coefficient (Wildman–Crippen LogP) is 5.49. The first kappa shape index (κ1) is 23.8. The van der Waals surface area contributed by atoms with Gasteiger partial charge in [-0.05, 0) is 25.0 Å². The zero-order valence-corrected chi connectivity index (χ0v) is 17.2. The highest BCUT2D eigenvalue weighted by atomic mass is 16.5. The van der Waals surface area contributed by atoms with Gasteiger partial charge in [0.25, 0.3) is 0 Å². The van der Waals surface area contributed by atoms with E-state index in [1.54, 1.807) is 0 Å². The number of hydrogen-bond donors (Lipinski definition) is 2. The Labute approximate surface area is 167 Å². The predicted molar refractivity (Wildman–Crippen MR) is 108 cm³/mol. The van der Waals surface area contributed by atoms with E-state index in [4.69, 9.17) is 9.47 Å². The zero-order valence-electron chi connectivity index (χ0n) is 17.2. The highest BCUT2D eigenvalue weighted by molar-refractivity contribution is 5.91. The van der Waals surface area contributed by atoms with E-state index < -0.39 is 23.4 Å². The van der Waals surface area contributed by atoms with Crippen LogP contribution in [0, 0.1) is 0 Å². The molecule has 0 unspecified atom stereocenters. The molecular formula is C22H34O6. The van der Waals surface area contributed by atoms with Crippen LogP contribution in [0.2, 0.25) is 0 Å². The van der Waals surface area contributed by atoms with Gasteiger partial charge in [-0.2, -0.15) is 0 Å². The van der Waals surface area contributed by atoms with Crippen molar-refractivity contribution in [1.29, 1.82) is 0 Å². The SMILES string of the molecule is CCCCCCCCCCCC(=O)Oc1cc(C(=O)OCCC)cc(O)c1O. The molecule has 0 aliphatic carbocycles. The van der Waals surface area contributed by atoms with Crippen molar-refractivity contribution in [3.63, 3.8) is 0 Å². The van der Waals surface area contributed by atoms with Gasteiger partial charge in [-0.1, -0.05) is 65.2 Å². The van der Waals surface area contributed by atoms with Crippen LogP contribution in [0.25, 0.3) is 0 Å². The van der Waals surface area contributed by atoms with Crippen LogP contribution in [0.1, 0.15) is 94.8 Å². The molecule has 1 aromatic rings. The molecule has 0 aliphatic heterocycles. The summed E-state index contributed by atoms with van der Waals surface area (Å²) in [7, 11) is 0. The molecule has 0 saturated carbocycles. The third kappa shape index (κ3) is 9.11. The lowest BCUT2D eigenvalue weighted by Crippen LogP contribution is -2.10. The first-order valence-electron chi connectivity index (χ1n) is 10.4. The van der Waals surface area contributed by atoms with Crippen molar-refractivity contribution in [3.8, 4) is 17.2 Å². The minimum absolute atomic E-state index is 0.0228. The van der Waals surface area contributed by atoms with Gasteiger partial charge in [0.15, 0.2) is 11.5 Å². The number of unbranched alkanes of at least 4 members (excludes halogenated alkanes) is 8. The molecule has 158 valence electrons. The summed E-state index contributed by atoms with van der Waals surface area (Å²) in [5, 5.41) is 19.6. The van der Waals surface area contributed by atoms with Gasteiger partial charge in [0.05, 0.1) is 12.2 Å². The largest absolute Gasteiger partial charge is 0.504 e. The van der Waals surface area contributed by atoms with E-state index in [0.29, 0.717) is 12.8 Å². The van der Waals surface area contributed by atoms with Crippen molar-refractivity contribution in [2.45, 2.75) is 84.5 Å². The minimum atomic E-state index is -0.645. The third-order valence-electron chi connectivity index (χ3n) is 4.44. The Morgan fingerprint density at radius 2 is 1.46 bits per heavy atom. The van der Waals surface area contributed by atoms with Crippen LogP contribution < -0.4 is 4.74 Å². The van der Waals surface area contributed by atoms with Gasteiger partial charge >= 0.3 is 11.9 Å². The molecule has 0 saturated heterocycles. The van der Waals surface area contributed by atoms with E-state index in [0.717, 1.165) is 18.9 Å². The fourth-order valence-electron chi connectivity index (χ4n) is 2.82. The highest BCUT2D eigenvalue weighted by Crippen LogP contribution is 2.37. The average Bonchev–Trinajstić information content (AvgIpc) is 2.68. The van der Waals surface area contributed by atoms with Crippen LogP contribution in [-0.2, 0) is 9.53 Å². The van der Waals surface area contributed by atoms with E-state index in [-0.39, 0.29) is 24.3 Å². The Hall–Kier alpha value is -2.24. The van der Waals surface area contributed by atoms with Crippen LogP contribution in [0.3, 0.4) is 0 Å². The Morgan fingerprint density at radius 3 is 2.07 bits per heavy atom. The smallest absolute Gasteiger partial charge is 0.338 e. The van der Waals surface area contributed by atoms with Gasteiger partial charge in [0.1, 0.15) is 0 Å². The number of phenols is 2. The molecule has 6 heteroatoms. The second-order valence-corrected chi connectivity index (χ2v) is 7.03. The third-order valence-corrected chi connectivity index (χ3v) is 4.44. The molecule has 0 heterocycles. The monoisotopic (exact) mass is 394 g/mol. The number of phenolic OH excluding ortho intramolecular Hbond substituents is 2. The Bertz CT molecular complexity index is 611. The maximum atomic E-state index is 12.0. The highest BCUT2D eigenvalue weighted by Gasteiger charge is 2.18. The lowest BCUT2D eigenvalue weighted by molar-refractivity contribution is -0.134. The van der Waals surface area contributed by atoms with E-state index in [1.165, 1.54) is 44.6 Å². The van der Waals surface area contributed by atoms with Gasteiger partial charge in [0, 0.05) is 6.42 Å². The molecule has 0 radical (unpaired) electrons. The topological polar surface area (TPSA) is 93.1 Å². The number of carbonyl (C=O) groups excluding carboxylic acids is 2. The summed E-state index contributed by atoms with van der Waals surface area (Å²) in [5.74, 6) is -2.47. The summed E-state index contributed by atoms with van der Waals surface area (Å²) in [5.41, 5.74) is 0.0228. The summed E-state index contributed by atoms with van der Waals surface area (Å²) in [6, 6.07) is 2.30. The lowest BCUT2D eigenvalue weighted by atomic mass is 10.1. The van der Waals surface area contributed by atoms with Crippen molar-refractivity contribution in [2.24, 2.45) is 0 Å². The van der Waals surface area contributed by atoms with Crippen LogP contribution >= 0.6 is 0 Å². The second kappa shape index (κ2) is 13.9. The molecule has 0 amide bonds. The zero-order chi connectivity index (χ0) is 20.8. The molecular weight excluding hydrogens is 360 g/mol. The van der Waals surface area contributed by atoms with Gasteiger partial charge in [-0.3, -0.25) is 4.79 Å². The summed E-state index contributed by atoms with van der Waals surface area (Å²) < 4.78 is 10.1. The van der Waals surface area contributed by atoms with E-state index >= 15 is 0 Å². The van der Waals surface area contributed by atoms with E-state index in [9.17, 15) is 19.8 Å². The Balaban J connectivity index is 2.40. The molecule has 6 nitrogen and oxygen atoms in total. The van der Waals surface area contributed by atoms with Gasteiger partial charge in [-0.15, -0.1) is 0 Å². The number of esters is 2. The molecule has 0 spiro atoms. The standard InChI is InChI=1S/C22H34O6/c1-3-5-6-7-8-9-10-11-12-13-20(24)28-19-16-17(15-18(23)21(19)25)22(26)27-14-4-2/h15-16,23,25H,3-14H2,1-2H3.